The van der Waals surface area contributed by atoms with Gasteiger partial charge in [0.2, 0.25) is 0 Å². The molecule has 22 heavy (non-hydrogen) atoms. The van der Waals surface area contributed by atoms with Gasteiger partial charge in [-0.25, -0.2) is 9.97 Å². The Bertz CT molecular complexity index is 837. The summed E-state index contributed by atoms with van der Waals surface area (Å²) in [5.41, 5.74) is 1.67. The van der Waals surface area contributed by atoms with Gasteiger partial charge >= 0.3 is 5.97 Å². The summed E-state index contributed by atoms with van der Waals surface area (Å²) in [5.74, 6) is 0.172. The first-order valence-corrected chi connectivity index (χ1v) is 7.70. The van der Waals surface area contributed by atoms with Crippen LogP contribution in [0.2, 0.25) is 0 Å². The number of carboxylic acid groups (broad SMARTS) is 1. The molecule has 0 aliphatic carbocycles. The van der Waals surface area contributed by atoms with Gasteiger partial charge in [0.05, 0.1) is 5.52 Å². The van der Waals surface area contributed by atoms with Crippen molar-refractivity contribution in [2.45, 2.75) is 0 Å². The number of hydrogen-bond donors (Lipinski definition) is 2. The standard InChI is InChI=1S/C16H12IN3O2/c17-11-6-7-13-12(8-11)16(18-9-14(21)22)20-15(19-13)10-4-2-1-3-5-10/h1-8H,9H2,(H,21,22)(H,18,19,20). The summed E-state index contributed by atoms with van der Waals surface area (Å²) in [6.07, 6.45) is 0. The van der Waals surface area contributed by atoms with E-state index in [1.54, 1.807) is 0 Å². The van der Waals surface area contributed by atoms with Crippen LogP contribution in [0.4, 0.5) is 5.82 Å². The average Bonchev–Trinajstić information content (AvgIpc) is 2.53. The molecule has 0 saturated carbocycles. The second-order valence-electron chi connectivity index (χ2n) is 4.67. The highest BCUT2D eigenvalue weighted by Gasteiger charge is 2.10. The van der Waals surface area contributed by atoms with E-state index in [0.29, 0.717) is 11.6 Å². The van der Waals surface area contributed by atoms with Crippen molar-refractivity contribution in [1.82, 2.24) is 9.97 Å². The summed E-state index contributed by atoms with van der Waals surface area (Å²) in [5, 5.41) is 12.6. The first kappa shape index (κ1) is 14.7. The number of hydrogen-bond acceptors (Lipinski definition) is 4. The number of aliphatic carboxylic acids is 1. The number of fused-ring (bicyclic) bond motifs is 1. The van der Waals surface area contributed by atoms with Crippen LogP contribution in [0.25, 0.3) is 22.3 Å². The van der Waals surface area contributed by atoms with Crippen molar-refractivity contribution in [3.63, 3.8) is 0 Å². The molecule has 0 aliphatic rings. The molecule has 0 unspecified atom stereocenters. The lowest BCUT2D eigenvalue weighted by Crippen LogP contribution is -2.14. The van der Waals surface area contributed by atoms with Gasteiger partial charge in [0.15, 0.2) is 5.82 Å². The Morgan fingerprint density at radius 3 is 2.64 bits per heavy atom. The second-order valence-corrected chi connectivity index (χ2v) is 5.92. The van der Waals surface area contributed by atoms with E-state index < -0.39 is 5.97 Å². The minimum atomic E-state index is -0.932. The molecule has 3 rings (SSSR count). The Hall–Kier alpha value is -2.22. The molecule has 0 saturated heterocycles. The van der Waals surface area contributed by atoms with E-state index in [4.69, 9.17) is 5.11 Å². The molecule has 1 aromatic heterocycles. The third-order valence-corrected chi connectivity index (χ3v) is 3.77. The van der Waals surface area contributed by atoms with Crippen LogP contribution >= 0.6 is 22.6 Å². The molecule has 0 amide bonds. The number of rotatable bonds is 4. The Labute approximate surface area is 140 Å². The van der Waals surface area contributed by atoms with Crippen LogP contribution in [0.1, 0.15) is 0 Å². The quantitative estimate of drug-likeness (QED) is 0.651. The molecule has 0 aliphatic heterocycles. The fourth-order valence-electron chi connectivity index (χ4n) is 2.11. The highest BCUT2D eigenvalue weighted by molar-refractivity contribution is 14.1. The maximum atomic E-state index is 10.8. The largest absolute Gasteiger partial charge is 0.480 e. The summed E-state index contributed by atoms with van der Waals surface area (Å²) in [4.78, 5) is 19.9. The number of carbonyl (C=O) groups is 1. The van der Waals surface area contributed by atoms with E-state index in [1.807, 2.05) is 48.5 Å². The van der Waals surface area contributed by atoms with Crippen molar-refractivity contribution < 1.29 is 9.90 Å². The van der Waals surface area contributed by atoms with Crippen molar-refractivity contribution in [3.8, 4) is 11.4 Å². The normalized spacial score (nSPS) is 10.6. The molecule has 2 N–H and O–H groups in total. The van der Waals surface area contributed by atoms with Gasteiger partial charge in [-0.05, 0) is 40.8 Å². The molecule has 5 nitrogen and oxygen atoms in total. The topological polar surface area (TPSA) is 75.1 Å². The average molecular weight is 405 g/mol. The minimum Gasteiger partial charge on any atom is -0.480 e. The van der Waals surface area contributed by atoms with Crippen molar-refractivity contribution in [1.29, 1.82) is 0 Å². The van der Waals surface area contributed by atoms with E-state index >= 15 is 0 Å². The molecule has 1 heterocycles. The smallest absolute Gasteiger partial charge is 0.322 e. The number of nitrogens with one attached hydrogen (secondary N) is 1. The zero-order valence-corrected chi connectivity index (χ0v) is 13.6. The van der Waals surface area contributed by atoms with Gasteiger partial charge in [-0.1, -0.05) is 30.3 Å². The Kier molecular flexibility index (Phi) is 4.19. The van der Waals surface area contributed by atoms with E-state index in [-0.39, 0.29) is 6.54 Å². The van der Waals surface area contributed by atoms with Crippen molar-refractivity contribution in [2.75, 3.05) is 11.9 Å². The molecule has 2 aromatic carbocycles. The number of nitrogens with zero attached hydrogens (tertiary/aromatic N) is 2. The fraction of sp³-hybridized carbons (Fsp3) is 0.0625. The SMILES string of the molecule is O=C(O)CNc1nc(-c2ccccc2)nc2ccc(I)cc12. The van der Waals surface area contributed by atoms with Gasteiger partial charge in [0.25, 0.3) is 0 Å². The molecular formula is C16H12IN3O2. The van der Waals surface area contributed by atoms with Crippen molar-refractivity contribution >= 4 is 45.3 Å². The van der Waals surface area contributed by atoms with Crippen LogP contribution in [-0.4, -0.2) is 27.6 Å². The third kappa shape index (κ3) is 3.16. The van der Waals surface area contributed by atoms with Crippen LogP contribution in [-0.2, 0) is 4.79 Å². The molecule has 0 bridgehead atoms. The van der Waals surface area contributed by atoms with Gasteiger partial charge in [0, 0.05) is 14.5 Å². The maximum Gasteiger partial charge on any atom is 0.322 e. The Balaban J connectivity index is 2.15. The van der Waals surface area contributed by atoms with Gasteiger partial charge in [0.1, 0.15) is 12.4 Å². The molecule has 0 atom stereocenters. The van der Waals surface area contributed by atoms with E-state index in [9.17, 15) is 4.79 Å². The maximum absolute atomic E-state index is 10.8. The number of aromatic nitrogens is 2. The lowest BCUT2D eigenvalue weighted by atomic mass is 10.2. The molecule has 6 heteroatoms. The summed E-state index contributed by atoms with van der Waals surface area (Å²) in [7, 11) is 0. The zero-order valence-electron chi connectivity index (χ0n) is 11.5. The zero-order chi connectivity index (χ0) is 15.5. The van der Waals surface area contributed by atoms with Crippen LogP contribution in [0.3, 0.4) is 0 Å². The number of benzene rings is 2. The molecule has 0 radical (unpaired) electrons. The van der Waals surface area contributed by atoms with Gasteiger partial charge < -0.3 is 10.4 Å². The van der Waals surface area contributed by atoms with Crippen LogP contribution < -0.4 is 5.32 Å². The lowest BCUT2D eigenvalue weighted by molar-refractivity contribution is -0.134. The highest BCUT2D eigenvalue weighted by atomic mass is 127. The van der Waals surface area contributed by atoms with Crippen LogP contribution in [0.15, 0.2) is 48.5 Å². The minimum absolute atomic E-state index is 0.189. The van der Waals surface area contributed by atoms with Gasteiger partial charge in [-0.2, -0.15) is 0 Å². The summed E-state index contributed by atoms with van der Waals surface area (Å²) >= 11 is 2.21. The van der Waals surface area contributed by atoms with Crippen molar-refractivity contribution in [3.05, 3.63) is 52.1 Å². The predicted octanol–water partition coefficient (Wildman–Crippen LogP) is 3.40. The van der Waals surface area contributed by atoms with Crippen LogP contribution in [0, 0.1) is 3.57 Å². The summed E-state index contributed by atoms with van der Waals surface area (Å²) in [6, 6.07) is 15.4. The van der Waals surface area contributed by atoms with Gasteiger partial charge in [-0.15, -0.1) is 0 Å². The van der Waals surface area contributed by atoms with E-state index in [1.165, 1.54) is 0 Å². The molecule has 3 aromatic rings. The molecule has 0 spiro atoms. The molecular weight excluding hydrogens is 393 g/mol. The highest BCUT2D eigenvalue weighted by Crippen LogP contribution is 2.26. The summed E-state index contributed by atoms with van der Waals surface area (Å²) in [6.45, 7) is -0.189. The lowest BCUT2D eigenvalue weighted by Gasteiger charge is -2.10. The van der Waals surface area contributed by atoms with Gasteiger partial charge in [-0.3, -0.25) is 4.79 Å². The predicted molar refractivity (Wildman–Crippen MR) is 93.8 cm³/mol. The van der Waals surface area contributed by atoms with E-state index in [2.05, 4.69) is 37.9 Å². The summed E-state index contributed by atoms with van der Waals surface area (Å²) < 4.78 is 1.04. The first-order chi connectivity index (χ1) is 10.6. The monoisotopic (exact) mass is 405 g/mol. The molecule has 0 fully saturated rings. The second kappa shape index (κ2) is 6.27. The van der Waals surface area contributed by atoms with Crippen molar-refractivity contribution in [2.24, 2.45) is 0 Å². The Morgan fingerprint density at radius 2 is 1.91 bits per heavy atom. The van der Waals surface area contributed by atoms with E-state index in [0.717, 1.165) is 20.0 Å². The molecule has 110 valence electrons. The fourth-order valence-corrected chi connectivity index (χ4v) is 2.60. The number of carboxylic acids is 1. The number of anilines is 1. The Morgan fingerprint density at radius 1 is 1.14 bits per heavy atom. The first-order valence-electron chi connectivity index (χ1n) is 6.62. The number of halogens is 1. The third-order valence-electron chi connectivity index (χ3n) is 3.10. The van der Waals surface area contributed by atoms with Crippen LogP contribution in [0.5, 0.6) is 0 Å².